The summed E-state index contributed by atoms with van der Waals surface area (Å²) in [6, 6.07) is 0. The summed E-state index contributed by atoms with van der Waals surface area (Å²) in [5, 5.41) is 7.80. The lowest BCUT2D eigenvalue weighted by Gasteiger charge is -2.10. The number of rotatable bonds is 3. The first-order valence-corrected chi connectivity index (χ1v) is 6.32. The van der Waals surface area contributed by atoms with Crippen LogP contribution < -0.4 is 5.48 Å². The Morgan fingerprint density at radius 1 is 1.33 bits per heavy atom. The van der Waals surface area contributed by atoms with Crippen molar-refractivity contribution >= 4 is 11.8 Å². The Kier molecular flexibility index (Phi) is 5.74. The van der Waals surface area contributed by atoms with Crippen molar-refractivity contribution in [1.82, 2.24) is 10.3 Å². The summed E-state index contributed by atoms with van der Waals surface area (Å²) in [6.07, 6.45) is 4.91. The normalized spacial score (nSPS) is 14.1. The highest BCUT2D eigenvalue weighted by Gasteiger charge is 2.25. The van der Waals surface area contributed by atoms with E-state index in [1.54, 1.807) is 12.6 Å². The number of nitrogens with zero attached hydrogens (tertiary/aromatic N) is 2. The molecule has 1 aromatic heterocycles. The van der Waals surface area contributed by atoms with Crippen molar-refractivity contribution < 1.29 is 14.9 Å². The molecule has 0 radical (unpaired) electrons. The second-order valence-electron chi connectivity index (χ2n) is 4.05. The minimum atomic E-state index is 0.439. The largest absolute Gasteiger partial charge is 0.243 e. The van der Waals surface area contributed by atoms with Gasteiger partial charge in [0.1, 0.15) is 5.69 Å². The van der Waals surface area contributed by atoms with Crippen LogP contribution in [0.1, 0.15) is 45.5 Å². The Hall–Kier alpha value is -1.46. The second kappa shape index (κ2) is 7.08. The Morgan fingerprint density at radius 2 is 2.06 bits per heavy atom. The van der Waals surface area contributed by atoms with Crippen LogP contribution in [0.4, 0.5) is 0 Å². The van der Waals surface area contributed by atoms with E-state index in [0.29, 0.717) is 5.92 Å². The lowest BCUT2D eigenvalue weighted by atomic mass is 9.97. The van der Waals surface area contributed by atoms with Gasteiger partial charge in [0.2, 0.25) is 0 Å². The number of hydroxylamine groups is 1. The summed E-state index contributed by atoms with van der Waals surface area (Å²) in [4.78, 5) is 5.12. The average Bonchev–Trinajstić information content (AvgIpc) is 2.76. The molecule has 0 fully saturated rings. The molecule has 2 N–H and O–H groups in total. The van der Waals surface area contributed by atoms with Crippen LogP contribution in [-0.4, -0.2) is 17.4 Å². The van der Waals surface area contributed by atoms with Crippen LogP contribution in [0.25, 0.3) is 11.8 Å². The number of aromatic nitrogens is 2. The van der Waals surface area contributed by atoms with Gasteiger partial charge < -0.3 is 0 Å². The van der Waals surface area contributed by atoms with Gasteiger partial charge in [0.25, 0.3) is 0 Å². The summed E-state index contributed by atoms with van der Waals surface area (Å²) in [5.74, 6) is 0.439. The minimum absolute atomic E-state index is 0.439. The van der Waals surface area contributed by atoms with Crippen molar-refractivity contribution in [2.45, 2.75) is 34.1 Å². The molecule has 0 spiro atoms. The van der Waals surface area contributed by atoms with Gasteiger partial charge in [-0.15, -0.1) is 0 Å². The molecule has 1 aromatic rings. The van der Waals surface area contributed by atoms with E-state index in [9.17, 15) is 0 Å². The zero-order chi connectivity index (χ0) is 13.5. The molecular weight excluding hydrogens is 230 g/mol. The monoisotopic (exact) mass is 252 g/mol. The van der Waals surface area contributed by atoms with Crippen molar-refractivity contribution in [1.29, 1.82) is 0 Å². The predicted octanol–water partition coefficient (Wildman–Crippen LogP) is 2.00. The second-order valence-corrected chi connectivity index (χ2v) is 4.05. The van der Waals surface area contributed by atoms with E-state index >= 15 is 0 Å². The fourth-order valence-electron chi connectivity index (χ4n) is 1.85. The molecule has 2 rings (SSSR count). The van der Waals surface area contributed by atoms with E-state index in [1.165, 1.54) is 5.57 Å². The number of allylic oxidation sites excluding steroid dienone is 2. The zero-order valence-corrected chi connectivity index (χ0v) is 11.7. The molecule has 0 unspecified atom stereocenters. The number of hydrogen-bond acceptors (Lipinski definition) is 4. The van der Waals surface area contributed by atoms with Crippen LogP contribution in [0.3, 0.4) is 0 Å². The molecule has 0 atom stereocenters. The smallest absolute Gasteiger partial charge is 0.198 e. The van der Waals surface area contributed by atoms with Crippen molar-refractivity contribution in [3.05, 3.63) is 23.0 Å². The van der Waals surface area contributed by atoms with E-state index in [-0.39, 0.29) is 0 Å². The molecule has 0 saturated heterocycles. The fraction of sp³-hybridized carbons (Fsp3) is 0.538. The van der Waals surface area contributed by atoms with Crippen LogP contribution >= 0.6 is 0 Å². The van der Waals surface area contributed by atoms with Crippen LogP contribution in [0.15, 0.2) is 16.3 Å². The third kappa shape index (κ3) is 3.05. The number of quaternary nitrogens is 1. The summed E-state index contributed by atoms with van der Waals surface area (Å²) in [7, 11) is 1.64. The molecule has 1 aliphatic carbocycles. The SMILES string of the molecule is CC.CO[NH2+]C1=C(C(C)C)CC=Cc2nonc21. The Morgan fingerprint density at radius 3 is 2.67 bits per heavy atom. The van der Waals surface area contributed by atoms with E-state index in [2.05, 4.69) is 30.2 Å². The molecule has 1 heterocycles. The Labute approximate surface area is 108 Å². The van der Waals surface area contributed by atoms with Crippen LogP contribution in [0, 0.1) is 5.92 Å². The summed E-state index contributed by atoms with van der Waals surface area (Å²) in [6.45, 7) is 8.32. The third-order valence-electron chi connectivity index (χ3n) is 2.66. The van der Waals surface area contributed by atoms with Crippen LogP contribution in [-0.2, 0) is 4.84 Å². The molecular formula is C13H22N3O2+. The maximum atomic E-state index is 5.12. The van der Waals surface area contributed by atoms with E-state index in [0.717, 1.165) is 23.5 Å². The quantitative estimate of drug-likeness (QED) is 0.836. The van der Waals surface area contributed by atoms with Crippen molar-refractivity contribution in [3.63, 3.8) is 0 Å². The van der Waals surface area contributed by atoms with E-state index in [1.807, 2.05) is 19.9 Å². The molecule has 1 aliphatic rings. The molecule has 5 nitrogen and oxygen atoms in total. The van der Waals surface area contributed by atoms with Crippen molar-refractivity contribution in [3.8, 4) is 0 Å². The average molecular weight is 252 g/mol. The first-order valence-electron chi connectivity index (χ1n) is 6.32. The Balaban J connectivity index is 0.000000771. The van der Waals surface area contributed by atoms with Gasteiger partial charge in [-0.2, -0.15) is 5.48 Å². The maximum Gasteiger partial charge on any atom is 0.198 e. The van der Waals surface area contributed by atoms with Gasteiger partial charge in [-0.25, -0.2) is 9.47 Å². The van der Waals surface area contributed by atoms with Crippen molar-refractivity contribution in [2.75, 3.05) is 7.11 Å². The molecule has 5 heteroatoms. The van der Waals surface area contributed by atoms with Gasteiger partial charge in [0.05, 0.1) is 7.11 Å². The lowest BCUT2D eigenvalue weighted by molar-refractivity contribution is -0.824. The van der Waals surface area contributed by atoms with Crippen LogP contribution in [0.2, 0.25) is 0 Å². The minimum Gasteiger partial charge on any atom is -0.243 e. The zero-order valence-electron chi connectivity index (χ0n) is 11.7. The van der Waals surface area contributed by atoms with Gasteiger partial charge in [-0.05, 0) is 28.7 Å². The molecule has 0 amide bonds. The van der Waals surface area contributed by atoms with E-state index in [4.69, 9.17) is 9.47 Å². The number of hydrogen-bond donors (Lipinski definition) is 1. The summed E-state index contributed by atoms with van der Waals surface area (Å²) < 4.78 is 4.77. The molecule has 18 heavy (non-hydrogen) atoms. The van der Waals surface area contributed by atoms with Gasteiger partial charge in [-0.3, -0.25) is 0 Å². The first-order chi connectivity index (χ1) is 8.74. The van der Waals surface area contributed by atoms with Gasteiger partial charge >= 0.3 is 0 Å². The number of fused-ring (bicyclic) bond motifs is 1. The first kappa shape index (κ1) is 14.6. The highest BCUT2D eigenvalue weighted by molar-refractivity contribution is 5.68. The fourth-order valence-corrected chi connectivity index (χ4v) is 1.85. The summed E-state index contributed by atoms with van der Waals surface area (Å²) >= 11 is 0. The molecule has 0 bridgehead atoms. The molecule has 100 valence electrons. The molecule has 0 aromatic carbocycles. The highest BCUT2D eigenvalue weighted by atomic mass is 16.6. The maximum absolute atomic E-state index is 5.12. The lowest BCUT2D eigenvalue weighted by Crippen LogP contribution is -2.79. The van der Waals surface area contributed by atoms with E-state index < -0.39 is 0 Å². The third-order valence-corrected chi connectivity index (χ3v) is 2.66. The van der Waals surface area contributed by atoms with Gasteiger partial charge in [0, 0.05) is 5.57 Å². The van der Waals surface area contributed by atoms with Gasteiger partial charge in [-0.1, -0.05) is 33.8 Å². The van der Waals surface area contributed by atoms with Gasteiger partial charge in [0.15, 0.2) is 11.4 Å². The highest BCUT2D eigenvalue weighted by Crippen LogP contribution is 2.26. The summed E-state index contributed by atoms with van der Waals surface area (Å²) in [5.41, 5.74) is 5.51. The van der Waals surface area contributed by atoms with Crippen LogP contribution in [0.5, 0.6) is 0 Å². The standard InChI is InChI=1S/C11H15N3O2.C2H6/c1-7(2)8-5-4-6-9-11(14-16-12-9)10(8)13-15-3;1-2/h4,6-7,13H,5H2,1-3H3;1-2H3/p+1. The predicted molar refractivity (Wildman–Crippen MR) is 70.0 cm³/mol. The molecule has 0 saturated carbocycles. The molecule has 0 aliphatic heterocycles. The Bertz CT molecular complexity index is 433. The topological polar surface area (TPSA) is 64.8 Å². The van der Waals surface area contributed by atoms with Crippen molar-refractivity contribution in [2.24, 2.45) is 5.92 Å². The number of nitrogens with two attached hydrogens (primary N) is 1.